The van der Waals surface area contributed by atoms with E-state index in [-0.39, 0.29) is 5.97 Å². The van der Waals surface area contributed by atoms with Gasteiger partial charge in [-0.1, -0.05) is 27.7 Å². The van der Waals surface area contributed by atoms with Crippen molar-refractivity contribution in [3.8, 4) is 0 Å². The molecule has 0 saturated carbocycles. The molecule has 1 heterocycles. The fourth-order valence-electron chi connectivity index (χ4n) is 2.69. The van der Waals surface area contributed by atoms with Gasteiger partial charge in [0.25, 0.3) is 0 Å². The largest absolute Gasteiger partial charge is 0.462 e. The Kier molecular flexibility index (Phi) is 5.48. The minimum atomic E-state index is -0.283. The lowest BCUT2D eigenvalue weighted by Gasteiger charge is -2.33. The number of benzene rings is 2. The molecule has 0 aromatic heterocycles. The minimum absolute atomic E-state index is 0.283. The van der Waals surface area contributed by atoms with E-state index in [0.29, 0.717) is 18.7 Å². The van der Waals surface area contributed by atoms with Gasteiger partial charge in [0.05, 0.1) is 23.5 Å². The summed E-state index contributed by atoms with van der Waals surface area (Å²) in [5.41, 5.74) is 8.57. The Morgan fingerprint density at radius 2 is 1.92 bits per heavy atom. The van der Waals surface area contributed by atoms with Crippen molar-refractivity contribution in [2.75, 3.05) is 24.6 Å². The van der Waals surface area contributed by atoms with E-state index in [1.165, 1.54) is 5.69 Å². The number of nitrogens with two attached hydrogens (primary N) is 1. The van der Waals surface area contributed by atoms with E-state index >= 15 is 0 Å². The van der Waals surface area contributed by atoms with Gasteiger partial charge < -0.3 is 15.4 Å². The number of anilines is 2. The van der Waals surface area contributed by atoms with Gasteiger partial charge in [0, 0.05) is 20.8 Å². The third kappa shape index (κ3) is 3.45. The number of ether oxygens (including phenoxy) is 1. The van der Waals surface area contributed by atoms with E-state index < -0.39 is 0 Å². The molecule has 0 bridgehead atoms. The molecule has 6 heteroatoms. The summed E-state index contributed by atoms with van der Waals surface area (Å²) < 4.78 is 6.15. The van der Waals surface area contributed by atoms with Crippen LogP contribution in [0.3, 0.4) is 0 Å². The normalized spacial score (nSPS) is 12.5. The lowest BCUT2D eigenvalue weighted by molar-refractivity contribution is 0.0526. The molecule has 0 spiro atoms. The summed E-state index contributed by atoms with van der Waals surface area (Å²) in [6.07, 6.45) is 0.902. The summed E-state index contributed by atoms with van der Waals surface area (Å²) in [7, 11) is 0. The molecule has 126 valence electrons. The lowest BCUT2D eigenvalue weighted by Crippen LogP contribution is -2.24. The van der Waals surface area contributed by atoms with Crippen molar-refractivity contribution < 1.29 is 9.53 Å². The molecular weight excluding hydrogens is 388 g/mol. The first-order valence-corrected chi connectivity index (χ1v) is 9.51. The molecule has 4 nitrogen and oxygen atoms in total. The number of carbonyl (C=O) groups is 1. The average Bonchev–Trinajstić information content (AvgIpc) is 2.58. The van der Waals surface area contributed by atoms with Crippen LogP contribution in [0, 0.1) is 0 Å². The van der Waals surface area contributed by atoms with Crippen molar-refractivity contribution in [3.05, 3.63) is 46.4 Å². The summed E-state index contributed by atoms with van der Waals surface area (Å²) in [5.74, 6) is -0.283. The van der Waals surface area contributed by atoms with Crippen LogP contribution in [0.1, 0.15) is 23.7 Å². The number of hydrogen-bond donors (Lipinski definition) is 1. The standard InChI is InChI=1S/C18H19BrN2O2S/c1-2-23-18(22)12-4-6-14-16(10-12)24-17-11-13(19)5-7-15(17)21(14)9-3-8-20/h4-7,10-11H,2-3,8-9,20H2,1H3. The number of rotatable bonds is 5. The molecule has 2 aromatic carbocycles. The Hall–Kier alpha value is -1.50. The van der Waals surface area contributed by atoms with Gasteiger partial charge in [0.15, 0.2) is 0 Å². The van der Waals surface area contributed by atoms with Gasteiger partial charge in [-0.2, -0.15) is 0 Å². The molecule has 0 unspecified atom stereocenters. The summed E-state index contributed by atoms with van der Waals surface area (Å²) in [6, 6.07) is 12.0. The first-order chi connectivity index (χ1) is 11.6. The first-order valence-electron chi connectivity index (χ1n) is 7.90. The number of esters is 1. The number of fused-ring (bicyclic) bond motifs is 2. The van der Waals surface area contributed by atoms with E-state index in [9.17, 15) is 4.79 Å². The van der Waals surface area contributed by atoms with Crippen LogP contribution < -0.4 is 10.6 Å². The van der Waals surface area contributed by atoms with Gasteiger partial charge in [-0.05, 0) is 56.3 Å². The Morgan fingerprint density at radius 1 is 1.21 bits per heavy atom. The zero-order valence-corrected chi connectivity index (χ0v) is 15.8. The van der Waals surface area contributed by atoms with Crippen molar-refractivity contribution >= 4 is 45.0 Å². The van der Waals surface area contributed by atoms with Crippen LogP contribution in [-0.4, -0.2) is 25.7 Å². The molecule has 0 radical (unpaired) electrons. The SMILES string of the molecule is CCOC(=O)c1ccc2c(c1)Sc1cc(Br)ccc1N2CCCN. The molecule has 0 saturated heterocycles. The van der Waals surface area contributed by atoms with Crippen LogP contribution >= 0.6 is 27.7 Å². The van der Waals surface area contributed by atoms with E-state index in [2.05, 4.69) is 33.0 Å². The summed E-state index contributed by atoms with van der Waals surface area (Å²) >= 11 is 5.21. The highest BCUT2D eigenvalue weighted by atomic mass is 79.9. The minimum Gasteiger partial charge on any atom is -0.462 e. The Labute approximate surface area is 154 Å². The van der Waals surface area contributed by atoms with Gasteiger partial charge in [-0.3, -0.25) is 0 Å². The fraction of sp³-hybridized carbons (Fsp3) is 0.278. The predicted octanol–water partition coefficient (Wildman–Crippen LogP) is 4.58. The van der Waals surface area contributed by atoms with Crippen molar-refractivity contribution in [1.82, 2.24) is 0 Å². The fourth-order valence-corrected chi connectivity index (χ4v) is 4.38. The third-order valence-electron chi connectivity index (χ3n) is 3.78. The van der Waals surface area contributed by atoms with Crippen LogP contribution in [0.15, 0.2) is 50.7 Å². The number of hydrogen-bond acceptors (Lipinski definition) is 5. The van der Waals surface area contributed by atoms with Gasteiger partial charge in [-0.15, -0.1) is 0 Å². The summed E-state index contributed by atoms with van der Waals surface area (Å²) in [6.45, 7) is 3.68. The van der Waals surface area contributed by atoms with Crippen molar-refractivity contribution in [2.24, 2.45) is 5.73 Å². The maximum absolute atomic E-state index is 12.0. The van der Waals surface area contributed by atoms with Crippen molar-refractivity contribution in [3.63, 3.8) is 0 Å². The van der Waals surface area contributed by atoms with Gasteiger partial charge in [-0.25, -0.2) is 4.79 Å². The predicted molar refractivity (Wildman–Crippen MR) is 101 cm³/mol. The zero-order chi connectivity index (χ0) is 17.1. The zero-order valence-electron chi connectivity index (χ0n) is 13.4. The molecule has 0 fully saturated rings. The van der Waals surface area contributed by atoms with Crippen LogP contribution in [0.4, 0.5) is 11.4 Å². The number of carbonyl (C=O) groups excluding carboxylic acids is 1. The molecule has 1 aliphatic heterocycles. The third-order valence-corrected chi connectivity index (χ3v) is 5.37. The molecule has 0 atom stereocenters. The smallest absolute Gasteiger partial charge is 0.338 e. The highest BCUT2D eigenvalue weighted by Crippen LogP contribution is 2.49. The van der Waals surface area contributed by atoms with Crippen LogP contribution in [0.5, 0.6) is 0 Å². The summed E-state index contributed by atoms with van der Waals surface area (Å²) in [4.78, 5) is 16.5. The second-order valence-corrected chi connectivity index (χ2v) is 7.41. The Morgan fingerprint density at radius 3 is 2.62 bits per heavy atom. The molecule has 24 heavy (non-hydrogen) atoms. The van der Waals surface area contributed by atoms with Gasteiger partial charge >= 0.3 is 5.97 Å². The van der Waals surface area contributed by atoms with E-state index in [1.54, 1.807) is 11.8 Å². The number of halogens is 1. The average molecular weight is 407 g/mol. The maximum Gasteiger partial charge on any atom is 0.338 e. The highest BCUT2D eigenvalue weighted by Gasteiger charge is 2.24. The molecule has 2 N–H and O–H groups in total. The topological polar surface area (TPSA) is 55.6 Å². The highest BCUT2D eigenvalue weighted by molar-refractivity contribution is 9.10. The lowest BCUT2D eigenvalue weighted by atomic mass is 10.1. The Balaban J connectivity index is 2.02. The molecule has 2 aromatic rings. The quantitative estimate of drug-likeness (QED) is 0.736. The second kappa shape index (κ2) is 7.59. The van der Waals surface area contributed by atoms with Gasteiger partial charge in [0.2, 0.25) is 0 Å². The first kappa shape index (κ1) is 17.3. The summed E-state index contributed by atoms with van der Waals surface area (Å²) in [5, 5.41) is 0. The molecule has 0 aliphatic carbocycles. The van der Waals surface area contributed by atoms with Crippen LogP contribution in [-0.2, 0) is 4.74 Å². The van der Waals surface area contributed by atoms with E-state index in [1.807, 2.05) is 31.2 Å². The monoisotopic (exact) mass is 406 g/mol. The molecule has 0 amide bonds. The van der Waals surface area contributed by atoms with E-state index in [0.717, 1.165) is 32.9 Å². The van der Waals surface area contributed by atoms with E-state index in [4.69, 9.17) is 10.5 Å². The second-order valence-electron chi connectivity index (χ2n) is 5.41. The van der Waals surface area contributed by atoms with Crippen molar-refractivity contribution in [2.45, 2.75) is 23.1 Å². The number of nitrogens with zero attached hydrogens (tertiary/aromatic N) is 1. The van der Waals surface area contributed by atoms with Crippen LogP contribution in [0.25, 0.3) is 0 Å². The molecule has 1 aliphatic rings. The van der Waals surface area contributed by atoms with Crippen LogP contribution in [0.2, 0.25) is 0 Å². The van der Waals surface area contributed by atoms with Crippen molar-refractivity contribution in [1.29, 1.82) is 0 Å². The maximum atomic E-state index is 12.0. The Bertz CT molecular complexity index is 767. The molecular formula is C18H19BrN2O2S. The molecule has 3 rings (SSSR count). The van der Waals surface area contributed by atoms with Gasteiger partial charge in [0.1, 0.15) is 0 Å².